The molecule has 3 aromatic carbocycles. The van der Waals surface area contributed by atoms with Crippen molar-refractivity contribution in [3.05, 3.63) is 102 Å². The van der Waals surface area contributed by atoms with Crippen molar-refractivity contribution >= 4 is 11.6 Å². The minimum absolute atomic E-state index is 0.148. The fourth-order valence-corrected chi connectivity index (χ4v) is 3.37. The summed E-state index contributed by atoms with van der Waals surface area (Å²) in [6, 6.07) is 29.7. The molecule has 0 aliphatic rings. The van der Waals surface area contributed by atoms with Crippen LogP contribution in [0.15, 0.2) is 91.0 Å². The fraction of sp³-hybridized carbons (Fsp3) is 0.0417. The molecule has 4 rings (SSSR count). The molecule has 1 amide bonds. The summed E-state index contributed by atoms with van der Waals surface area (Å²) < 4.78 is 0. The zero-order chi connectivity index (χ0) is 18.6. The van der Waals surface area contributed by atoms with Gasteiger partial charge in [-0.1, -0.05) is 78.9 Å². The van der Waals surface area contributed by atoms with Crippen LogP contribution >= 0.6 is 0 Å². The fourth-order valence-electron chi connectivity index (χ4n) is 3.37. The number of aryl methyl sites for hydroxylation is 1. The smallest absolute Gasteiger partial charge is 0.272 e. The van der Waals surface area contributed by atoms with Crippen LogP contribution in [0.25, 0.3) is 22.3 Å². The molecule has 0 radical (unpaired) electrons. The van der Waals surface area contributed by atoms with Crippen LogP contribution in [0.2, 0.25) is 0 Å². The highest BCUT2D eigenvalue weighted by molar-refractivity contribution is 6.10. The average Bonchev–Trinajstić information content (AvgIpc) is 3.07. The van der Waals surface area contributed by atoms with Crippen LogP contribution in [0.5, 0.6) is 0 Å². The van der Waals surface area contributed by atoms with Crippen molar-refractivity contribution in [3.63, 3.8) is 0 Å². The molecule has 0 atom stereocenters. The predicted octanol–water partition coefficient (Wildman–Crippen LogP) is 5.91. The highest BCUT2D eigenvalue weighted by Gasteiger charge is 2.22. The molecule has 1 aromatic heterocycles. The molecule has 0 aliphatic heterocycles. The summed E-state index contributed by atoms with van der Waals surface area (Å²) in [4.78, 5) is 16.4. The number of carbonyl (C=O) groups is 1. The van der Waals surface area contributed by atoms with Crippen LogP contribution in [0.1, 0.15) is 16.2 Å². The van der Waals surface area contributed by atoms with Crippen molar-refractivity contribution in [1.29, 1.82) is 0 Å². The maximum absolute atomic E-state index is 13.1. The van der Waals surface area contributed by atoms with E-state index in [9.17, 15) is 4.79 Å². The zero-order valence-electron chi connectivity index (χ0n) is 15.1. The van der Waals surface area contributed by atoms with Crippen molar-refractivity contribution in [3.8, 4) is 22.3 Å². The number of aromatic nitrogens is 1. The number of benzene rings is 3. The Balaban J connectivity index is 1.86. The van der Waals surface area contributed by atoms with Gasteiger partial charge >= 0.3 is 0 Å². The van der Waals surface area contributed by atoms with Crippen LogP contribution in [0.3, 0.4) is 0 Å². The molecule has 0 unspecified atom stereocenters. The van der Waals surface area contributed by atoms with Crippen molar-refractivity contribution < 1.29 is 4.79 Å². The Bertz CT molecular complexity index is 1050. The largest absolute Gasteiger partial charge is 0.354 e. The van der Waals surface area contributed by atoms with Crippen LogP contribution in [-0.4, -0.2) is 10.9 Å². The number of hydrogen-bond acceptors (Lipinski definition) is 1. The van der Waals surface area contributed by atoms with Crippen molar-refractivity contribution in [1.82, 2.24) is 4.98 Å². The maximum atomic E-state index is 13.1. The van der Waals surface area contributed by atoms with Gasteiger partial charge in [0.05, 0.1) is 0 Å². The van der Waals surface area contributed by atoms with E-state index in [-0.39, 0.29) is 5.91 Å². The summed E-state index contributed by atoms with van der Waals surface area (Å²) in [7, 11) is 0. The van der Waals surface area contributed by atoms with Crippen LogP contribution in [0.4, 0.5) is 5.69 Å². The van der Waals surface area contributed by atoms with Gasteiger partial charge in [-0.3, -0.25) is 4.79 Å². The lowest BCUT2D eigenvalue weighted by Gasteiger charge is -2.09. The lowest BCUT2D eigenvalue weighted by Crippen LogP contribution is -2.13. The van der Waals surface area contributed by atoms with Crippen molar-refractivity contribution in [2.45, 2.75) is 6.92 Å². The third-order valence-corrected chi connectivity index (χ3v) is 4.57. The van der Waals surface area contributed by atoms with E-state index in [1.807, 2.05) is 85.8 Å². The lowest BCUT2D eigenvalue weighted by atomic mass is 9.95. The normalized spacial score (nSPS) is 10.6. The van der Waals surface area contributed by atoms with E-state index in [4.69, 9.17) is 0 Å². The highest BCUT2D eigenvalue weighted by Crippen LogP contribution is 2.38. The number of amides is 1. The maximum Gasteiger partial charge on any atom is 0.272 e. The van der Waals surface area contributed by atoms with E-state index in [2.05, 4.69) is 22.4 Å². The molecule has 2 N–H and O–H groups in total. The molecule has 1 heterocycles. The van der Waals surface area contributed by atoms with Gasteiger partial charge in [-0.25, -0.2) is 0 Å². The summed E-state index contributed by atoms with van der Waals surface area (Å²) in [5.74, 6) is -0.148. The summed E-state index contributed by atoms with van der Waals surface area (Å²) in [5.41, 5.74) is 6.39. The van der Waals surface area contributed by atoms with Crippen molar-refractivity contribution in [2.24, 2.45) is 0 Å². The summed E-state index contributed by atoms with van der Waals surface area (Å²) in [6.45, 7) is 2.01. The second kappa shape index (κ2) is 7.34. The Morgan fingerprint density at radius 2 is 1.19 bits per heavy atom. The second-order valence-corrected chi connectivity index (χ2v) is 6.43. The van der Waals surface area contributed by atoms with Gasteiger partial charge in [0.2, 0.25) is 0 Å². The molecule has 3 heteroatoms. The summed E-state index contributed by atoms with van der Waals surface area (Å²) >= 11 is 0. The van der Waals surface area contributed by atoms with Crippen LogP contribution < -0.4 is 5.32 Å². The molecule has 0 fully saturated rings. The molecule has 0 aliphatic carbocycles. The van der Waals surface area contributed by atoms with Gasteiger partial charge in [-0.05, 0) is 30.2 Å². The zero-order valence-corrected chi connectivity index (χ0v) is 15.1. The van der Waals surface area contributed by atoms with E-state index in [1.165, 1.54) is 0 Å². The first-order valence-corrected chi connectivity index (χ1v) is 8.94. The number of H-pyrrole nitrogens is 1. The predicted molar refractivity (Wildman–Crippen MR) is 111 cm³/mol. The molecular formula is C24H20N2O. The molecule has 0 spiro atoms. The molecule has 0 saturated heterocycles. The average molecular weight is 352 g/mol. The Hall–Kier alpha value is -3.59. The molecule has 132 valence electrons. The van der Waals surface area contributed by atoms with Gasteiger partial charge in [-0.2, -0.15) is 0 Å². The second-order valence-electron chi connectivity index (χ2n) is 6.43. The minimum Gasteiger partial charge on any atom is -0.354 e. The third-order valence-electron chi connectivity index (χ3n) is 4.57. The number of aromatic amines is 1. The van der Waals surface area contributed by atoms with E-state index in [1.54, 1.807) is 0 Å². The minimum atomic E-state index is -0.148. The van der Waals surface area contributed by atoms with E-state index in [0.717, 1.165) is 33.6 Å². The summed E-state index contributed by atoms with van der Waals surface area (Å²) in [6.07, 6.45) is 0. The number of nitrogens with one attached hydrogen (secondary N) is 2. The van der Waals surface area contributed by atoms with Gasteiger partial charge in [0, 0.05) is 22.5 Å². The Morgan fingerprint density at radius 3 is 1.74 bits per heavy atom. The Morgan fingerprint density at radius 1 is 0.704 bits per heavy atom. The molecular weight excluding hydrogens is 332 g/mol. The SMILES string of the molecule is Cc1[nH]c(C(=O)Nc2ccccc2)c(-c2ccccc2)c1-c1ccccc1. The third kappa shape index (κ3) is 3.40. The van der Waals surface area contributed by atoms with E-state index >= 15 is 0 Å². The van der Waals surface area contributed by atoms with Crippen LogP contribution in [0, 0.1) is 6.92 Å². The first-order valence-electron chi connectivity index (χ1n) is 8.94. The Kier molecular flexibility index (Phi) is 4.58. The van der Waals surface area contributed by atoms with Gasteiger partial charge in [0.25, 0.3) is 5.91 Å². The monoisotopic (exact) mass is 352 g/mol. The molecule has 3 nitrogen and oxygen atoms in total. The number of carbonyl (C=O) groups excluding carboxylic acids is 1. The highest BCUT2D eigenvalue weighted by atomic mass is 16.1. The Labute approximate surface area is 158 Å². The number of rotatable bonds is 4. The van der Waals surface area contributed by atoms with Gasteiger partial charge in [0.15, 0.2) is 0 Å². The molecule has 0 bridgehead atoms. The van der Waals surface area contributed by atoms with Gasteiger partial charge < -0.3 is 10.3 Å². The van der Waals surface area contributed by atoms with Gasteiger partial charge in [0.1, 0.15) is 5.69 Å². The number of anilines is 1. The molecule has 0 saturated carbocycles. The standard InChI is InChI=1S/C24H20N2O/c1-17-21(18-11-5-2-6-12-18)22(19-13-7-3-8-14-19)23(25-17)24(27)26-20-15-9-4-10-16-20/h2-16,25H,1H3,(H,26,27). The van der Waals surface area contributed by atoms with E-state index < -0.39 is 0 Å². The van der Waals surface area contributed by atoms with E-state index in [0.29, 0.717) is 5.69 Å². The van der Waals surface area contributed by atoms with Crippen molar-refractivity contribution in [2.75, 3.05) is 5.32 Å². The quantitative estimate of drug-likeness (QED) is 0.471. The lowest BCUT2D eigenvalue weighted by molar-refractivity contribution is 0.102. The number of hydrogen-bond donors (Lipinski definition) is 2. The topological polar surface area (TPSA) is 44.9 Å². The first kappa shape index (κ1) is 16.9. The van der Waals surface area contributed by atoms with Crippen LogP contribution in [-0.2, 0) is 0 Å². The number of para-hydroxylation sites is 1. The molecule has 27 heavy (non-hydrogen) atoms. The summed E-state index contributed by atoms with van der Waals surface area (Å²) in [5, 5.41) is 2.99. The first-order chi connectivity index (χ1) is 13.2. The van der Waals surface area contributed by atoms with Gasteiger partial charge in [-0.15, -0.1) is 0 Å². The molecule has 4 aromatic rings.